The Morgan fingerprint density at radius 3 is 2.71 bits per heavy atom. The maximum absolute atomic E-state index is 11.2. The van der Waals surface area contributed by atoms with Gasteiger partial charge in [-0.15, -0.1) is 0 Å². The average molecular weight is 331 g/mol. The fourth-order valence-corrected chi connectivity index (χ4v) is 4.51. The van der Waals surface area contributed by atoms with E-state index >= 15 is 0 Å². The lowest BCUT2D eigenvalue weighted by Gasteiger charge is -2.34. The van der Waals surface area contributed by atoms with Crippen molar-refractivity contribution in [1.82, 2.24) is 0 Å². The average Bonchev–Trinajstić information content (AvgIpc) is 2.83. The van der Waals surface area contributed by atoms with Gasteiger partial charge in [0.2, 0.25) is 0 Å². The van der Waals surface area contributed by atoms with Crippen LogP contribution in [0.3, 0.4) is 0 Å². The summed E-state index contributed by atoms with van der Waals surface area (Å²) >= 11 is 0. The van der Waals surface area contributed by atoms with Gasteiger partial charge in [0.15, 0.2) is 0 Å². The Bertz CT molecular complexity index is 540. The molecule has 1 saturated carbocycles. The van der Waals surface area contributed by atoms with Crippen molar-refractivity contribution >= 4 is 5.97 Å². The summed E-state index contributed by atoms with van der Waals surface area (Å²) in [5.41, 5.74) is 4.48. The van der Waals surface area contributed by atoms with Gasteiger partial charge in [0.25, 0.3) is 0 Å². The van der Waals surface area contributed by atoms with Crippen LogP contribution in [-0.2, 0) is 9.53 Å². The second-order valence-electron chi connectivity index (χ2n) is 8.22. The number of hydrogen-bond donors (Lipinski definition) is 0. The Morgan fingerprint density at radius 2 is 2.04 bits per heavy atom. The largest absolute Gasteiger partial charge is 0.461 e. The van der Waals surface area contributed by atoms with E-state index in [2.05, 4.69) is 39.5 Å². The number of rotatable bonds is 3. The van der Waals surface area contributed by atoms with Gasteiger partial charge in [-0.1, -0.05) is 36.8 Å². The van der Waals surface area contributed by atoms with Crippen LogP contribution in [0.4, 0.5) is 0 Å². The highest BCUT2D eigenvalue weighted by Crippen LogP contribution is 2.54. The molecule has 24 heavy (non-hydrogen) atoms. The molecule has 2 nitrogen and oxygen atoms in total. The minimum atomic E-state index is -0.186. The SMILES string of the molecule is C=C(C)[C@@H]1CC[C@]2(C)CC/C(COC(C)=O)=C/CC/C(C)=C\C[C@@H]12. The van der Waals surface area contributed by atoms with Gasteiger partial charge >= 0.3 is 5.97 Å². The van der Waals surface area contributed by atoms with Crippen molar-refractivity contribution in [1.29, 1.82) is 0 Å². The van der Waals surface area contributed by atoms with Gasteiger partial charge < -0.3 is 4.74 Å². The van der Waals surface area contributed by atoms with E-state index in [1.54, 1.807) is 0 Å². The third-order valence-electron chi connectivity index (χ3n) is 6.21. The van der Waals surface area contributed by atoms with Gasteiger partial charge in [-0.05, 0) is 81.6 Å². The van der Waals surface area contributed by atoms with Gasteiger partial charge in [-0.25, -0.2) is 0 Å². The first kappa shape index (κ1) is 19.0. The van der Waals surface area contributed by atoms with Crippen molar-refractivity contribution in [2.45, 2.75) is 72.6 Å². The molecule has 0 heterocycles. The third-order valence-corrected chi connectivity index (χ3v) is 6.21. The fraction of sp³-hybridized carbons (Fsp3) is 0.682. The lowest BCUT2D eigenvalue weighted by Crippen LogP contribution is -2.26. The Labute approximate surface area is 148 Å². The Hall–Kier alpha value is -1.31. The van der Waals surface area contributed by atoms with E-state index in [1.165, 1.54) is 49.3 Å². The molecule has 1 fully saturated rings. The lowest BCUT2D eigenvalue weighted by atomic mass is 9.70. The number of carbonyl (C=O) groups excluding carboxylic acids is 1. The number of hydrogen-bond acceptors (Lipinski definition) is 2. The quantitative estimate of drug-likeness (QED) is 0.469. The topological polar surface area (TPSA) is 26.3 Å². The molecule has 2 aliphatic carbocycles. The molecule has 0 bridgehead atoms. The molecule has 0 N–H and O–H groups in total. The molecule has 0 amide bonds. The van der Waals surface area contributed by atoms with Crippen LogP contribution in [0.2, 0.25) is 0 Å². The molecular formula is C22H34O2. The van der Waals surface area contributed by atoms with E-state index < -0.39 is 0 Å². The summed E-state index contributed by atoms with van der Waals surface area (Å²) in [6.07, 6.45) is 12.9. The predicted octanol–water partition coefficient (Wildman–Crippen LogP) is 5.99. The van der Waals surface area contributed by atoms with Crippen LogP contribution >= 0.6 is 0 Å². The van der Waals surface area contributed by atoms with Crippen molar-refractivity contribution in [3.8, 4) is 0 Å². The Kier molecular flexibility index (Phi) is 6.48. The van der Waals surface area contributed by atoms with Crippen LogP contribution in [0, 0.1) is 17.3 Å². The van der Waals surface area contributed by atoms with Crippen molar-refractivity contribution < 1.29 is 9.53 Å². The molecule has 0 radical (unpaired) electrons. The van der Waals surface area contributed by atoms with E-state index in [-0.39, 0.29) is 5.97 Å². The minimum absolute atomic E-state index is 0.186. The number of carbonyl (C=O) groups is 1. The number of allylic oxidation sites excluding steroid dienone is 4. The highest BCUT2D eigenvalue weighted by atomic mass is 16.5. The number of esters is 1. The van der Waals surface area contributed by atoms with Crippen molar-refractivity contribution in [3.05, 3.63) is 35.5 Å². The molecule has 0 spiro atoms. The maximum atomic E-state index is 11.2. The van der Waals surface area contributed by atoms with E-state index in [1.807, 2.05) is 0 Å². The highest BCUT2D eigenvalue weighted by molar-refractivity contribution is 5.66. The molecule has 0 aromatic heterocycles. The van der Waals surface area contributed by atoms with Crippen LogP contribution in [0.5, 0.6) is 0 Å². The van der Waals surface area contributed by atoms with E-state index in [0.29, 0.717) is 23.9 Å². The van der Waals surface area contributed by atoms with Gasteiger partial charge in [-0.3, -0.25) is 4.79 Å². The molecule has 0 aromatic carbocycles. The van der Waals surface area contributed by atoms with Crippen molar-refractivity contribution in [2.75, 3.05) is 6.61 Å². The molecule has 2 aliphatic rings. The minimum Gasteiger partial charge on any atom is -0.461 e. The highest BCUT2D eigenvalue weighted by Gasteiger charge is 2.44. The second-order valence-corrected chi connectivity index (χ2v) is 8.22. The normalized spacial score (nSPS) is 35.7. The van der Waals surface area contributed by atoms with Gasteiger partial charge in [0, 0.05) is 6.92 Å². The maximum Gasteiger partial charge on any atom is 0.302 e. The zero-order valence-corrected chi connectivity index (χ0v) is 16.0. The molecule has 0 aliphatic heterocycles. The predicted molar refractivity (Wildman–Crippen MR) is 101 cm³/mol. The van der Waals surface area contributed by atoms with E-state index in [4.69, 9.17) is 4.74 Å². The summed E-state index contributed by atoms with van der Waals surface area (Å²) in [5.74, 6) is 1.16. The zero-order chi connectivity index (χ0) is 17.7. The van der Waals surface area contributed by atoms with E-state index in [9.17, 15) is 4.79 Å². The molecular weight excluding hydrogens is 296 g/mol. The fourth-order valence-electron chi connectivity index (χ4n) is 4.51. The third kappa shape index (κ3) is 4.84. The molecule has 3 atom stereocenters. The monoisotopic (exact) mass is 330 g/mol. The second kappa shape index (κ2) is 8.18. The standard InChI is InChI=1S/C22H34O2/c1-16(2)20-12-14-22(5)13-11-19(15-24-18(4)23)8-6-7-17(3)9-10-21(20)22/h8-9,20-21H,1,6-7,10-15H2,2-5H3/b17-9-,19-8-/t20-,21-,22-/m0/s1. The Morgan fingerprint density at radius 1 is 1.29 bits per heavy atom. The van der Waals surface area contributed by atoms with Gasteiger partial charge in [0.05, 0.1) is 0 Å². The first-order valence-corrected chi connectivity index (χ1v) is 9.44. The molecule has 0 saturated heterocycles. The number of fused-ring (bicyclic) bond motifs is 1. The van der Waals surface area contributed by atoms with Crippen LogP contribution in [-0.4, -0.2) is 12.6 Å². The first-order valence-electron chi connectivity index (χ1n) is 9.44. The summed E-state index contributed by atoms with van der Waals surface area (Å²) in [6.45, 7) is 13.1. The van der Waals surface area contributed by atoms with Crippen molar-refractivity contribution in [3.63, 3.8) is 0 Å². The van der Waals surface area contributed by atoms with Gasteiger partial charge in [0.1, 0.15) is 6.61 Å². The van der Waals surface area contributed by atoms with Crippen LogP contribution in [0.25, 0.3) is 0 Å². The van der Waals surface area contributed by atoms with Gasteiger partial charge in [-0.2, -0.15) is 0 Å². The summed E-state index contributed by atoms with van der Waals surface area (Å²) in [4.78, 5) is 11.2. The van der Waals surface area contributed by atoms with Crippen LogP contribution < -0.4 is 0 Å². The molecule has 0 aromatic rings. The summed E-state index contributed by atoms with van der Waals surface area (Å²) < 4.78 is 5.28. The Balaban J connectivity index is 2.20. The molecule has 2 rings (SSSR count). The smallest absolute Gasteiger partial charge is 0.302 e. The zero-order valence-electron chi connectivity index (χ0n) is 16.0. The van der Waals surface area contributed by atoms with E-state index in [0.717, 1.165) is 19.3 Å². The van der Waals surface area contributed by atoms with Crippen molar-refractivity contribution in [2.24, 2.45) is 17.3 Å². The van der Waals surface area contributed by atoms with Crippen LogP contribution in [0.1, 0.15) is 72.6 Å². The lowest BCUT2D eigenvalue weighted by molar-refractivity contribution is -0.140. The first-order chi connectivity index (χ1) is 11.3. The number of ether oxygens (including phenoxy) is 1. The molecule has 134 valence electrons. The summed E-state index contributed by atoms with van der Waals surface area (Å²) in [6, 6.07) is 0. The summed E-state index contributed by atoms with van der Waals surface area (Å²) in [5, 5.41) is 0. The molecule has 2 heteroatoms. The summed E-state index contributed by atoms with van der Waals surface area (Å²) in [7, 11) is 0. The molecule has 0 unspecified atom stereocenters. The van der Waals surface area contributed by atoms with Crippen LogP contribution in [0.15, 0.2) is 35.5 Å².